The maximum absolute atomic E-state index is 12.4. The number of hydrogen-bond acceptors (Lipinski definition) is 7. The molecule has 9 heteroatoms. The average molecular weight is 489 g/mol. The Balaban J connectivity index is 1.63. The summed E-state index contributed by atoms with van der Waals surface area (Å²) >= 11 is 2.99. The first-order chi connectivity index (χ1) is 16.6. The fourth-order valence-electron chi connectivity index (χ4n) is 4.11. The first-order valence-electron chi connectivity index (χ1n) is 11.2. The average Bonchev–Trinajstić information content (AvgIpc) is 3.50. The number of aromatic nitrogens is 6. The molecule has 0 spiro atoms. The van der Waals surface area contributed by atoms with Crippen LogP contribution in [0.15, 0.2) is 64.3 Å². The third kappa shape index (κ3) is 4.17. The van der Waals surface area contributed by atoms with Crippen LogP contribution in [0.4, 0.5) is 0 Å². The molecule has 172 valence electrons. The normalized spacial score (nSPS) is 11.4. The van der Waals surface area contributed by atoms with Gasteiger partial charge in [-0.3, -0.25) is 18.7 Å². The van der Waals surface area contributed by atoms with Crippen LogP contribution in [0.1, 0.15) is 36.2 Å². The van der Waals surface area contributed by atoms with Gasteiger partial charge in [-0.05, 0) is 43.0 Å². The Morgan fingerprint density at radius 3 is 2.59 bits per heavy atom. The van der Waals surface area contributed by atoms with Crippen LogP contribution in [0.5, 0.6) is 0 Å². The van der Waals surface area contributed by atoms with E-state index in [-0.39, 0.29) is 5.56 Å². The van der Waals surface area contributed by atoms with Gasteiger partial charge in [0.25, 0.3) is 5.56 Å². The minimum absolute atomic E-state index is 0.0700. The molecule has 0 atom stereocenters. The maximum atomic E-state index is 12.4. The zero-order valence-corrected chi connectivity index (χ0v) is 20.9. The Morgan fingerprint density at radius 2 is 1.88 bits per heavy atom. The van der Waals surface area contributed by atoms with Crippen LogP contribution in [-0.4, -0.2) is 29.1 Å². The van der Waals surface area contributed by atoms with E-state index in [1.807, 2.05) is 23.7 Å². The molecule has 0 amide bonds. The highest BCUT2D eigenvalue weighted by molar-refractivity contribution is 7.98. The lowest BCUT2D eigenvalue weighted by Gasteiger charge is -2.19. The number of rotatable bonds is 7. The van der Waals surface area contributed by atoms with Gasteiger partial charge in [0, 0.05) is 41.4 Å². The van der Waals surface area contributed by atoms with E-state index in [4.69, 9.17) is 0 Å². The van der Waals surface area contributed by atoms with E-state index in [1.54, 1.807) is 22.9 Å². The van der Waals surface area contributed by atoms with Crippen molar-refractivity contribution in [2.75, 3.05) is 0 Å². The van der Waals surface area contributed by atoms with Crippen LogP contribution in [0.25, 0.3) is 22.0 Å². The van der Waals surface area contributed by atoms with Crippen LogP contribution < -0.4 is 5.56 Å². The summed E-state index contributed by atoms with van der Waals surface area (Å²) in [5.74, 6) is 1.27. The van der Waals surface area contributed by atoms with Crippen molar-refractivity contribution in [2.24, 2.45) is 0 Å². The standard InChI is InChI=1S/C25H24N6OS2/c1-4-17-11-16(3)12-18(5-2)22(17)31-23(19-7-6-8-26-14-19)28-29-25(31)34-15-20-13-21(32)30-9-10-33-24(30)27-20/h6-14H,4-5,15H2,1-3H3. The van der Waals surface area contributed by atoms with Gasteiger partial charge < -0.3 is 0 Å². The summed E-state index contributed by atoms with van der Waals surface area (Å²) in [7, 11) is 0. The van der Waals surface area contributed by atoms with E-state index in [0.717, 1.165) is 40.8 Å². The van der Waals surface area contributed by atoms with Crippen molar-refractivity contribution in [3.8, 4) is 17.1 Å². The van der Waals surface area contributed by atoms with Crippen molar-refractivity contribution in [1.29, 1.82) is 0 Å². The molecule has 0 bridgehead atoms. The minimum atomic E-state index is -0.0700. The topological polar surface area (TPSA) is 78.0 Å². The van der Waals surface area contributed by atoms with Crippen molar-refractivity contribution in [1.82, 2.24) is 29.1 Å². The Morgan fingerprint density at radius 1 is 1.09 bits per heavy atom. The summed E-state index contributed by atoms with van der Waals surface area (Å²) in [5, 5.41) is 11.8. The lowest BCUT2D eigenvalue weighted by molar-refractivity contribution is 0.855. The fraction of sp³-hybridized carbons (Fsp3) is 0.240. The van der Waals surface area contributed by atoms with Crippen molar-refractivity contribution in [2.45, 2.75) is 44.5 Å². The molecule has 0 aliphatic carbocycles. The molecule has 0 radical (unpaired) electrons. The molecule has 0 fully saturated rings. The molecule has 0 saturated heterocycles. The minimum Gasteiger partial charge on any atom is -0.269 e. The van der Waals surface area contributed by atoms with Gasteiger partial charge in [-0.15, -0.1) is 21.5 Å². The Hall–Kier alpha value is -3.30. The first kappa shape index (κ1) is 22.5. The number of benzene rings is 1. The summed E-state index contributed by atoms with van der Waals surface area (Å²) in [4.78, 5) is 22.1. The molecule has 4 heterocycles. The smallest absolute Gasteiger partial charge is 0.258 e. The Labute approximate surface area is 205 Å². The molecule has 4 aromatic heterocycles. The van der Waals surface area contributed by atoms with Gasteiger partial charge in [0.2, 0.25) is 0 Å². The highest BCUT2D eigenvalue weighted by Gasteiger charge is 2.21. The van der Waals surface area contributed by atoms with E-state index < -0.39 is 0 Å². The molecule has 0 saturated carbocycles. The second-order valence-corrected chi connectivity index (χ2v) is 9.77. The quantitative estimate of drug-likeness (QED) is 0.296. The van der Waals surface area contributed by atoms with E-state index in [1.165, 1.54) is 39.8 Å². The van der Waals surface area contributed by atoms with Gasteiger partial charge in [0.1, 0.15) is 0 Å². The number of hydrogen-bond donors (Lipinski definition) is 0. The lowest BCUT2D eigenvalue weighted by atomic mass is 9.99. The Kier molecular flexibility index (Phi) is 6.30. The number of thioether (sulfide) groups is 1. The van der Waals surface area contributed by atoms with Crippen molar-refractivity contribution in [3.05, 3.63) is 87.0 Å². The molecule has 5 aromatic rings. The first-order valence-corrected chi connectivity index (χ1v) is 13.0. The molecule has 0 aliphatic heterocycles. The summed E-state index contributed by atoms with van der Waals surface area (Å²) in [6.07, 6.45) is 7.11. The third-order valence-corrected chi connectivity index (χ3v) is 7.38. The van der Waals surface area contributed by atoms with Gasteiger partial charge in [-0.1, -0.05) is 43.3 Å². The maximum Gasteiger partial charge on any atom is 0.258 e. The van der Waals surface area contributed by atoms with Crippen LogP contribution >= 0.6 is 23.1 Å². The second kappa shape index (κ2) is 9.52. The van der Waals surface area contributed by atoms with E-state index in [0.29, 0.717) is 10.7 Å². The number of fused-ring (bicyclic) bond motifs is 1. The second-order valence-electron chi connectivity index (χ2n) is 7.95. The molecule has 1 aromatic carbocycles. The highest BCUT2D eigenvalue weighted by Crippen LogP contribution is 2.33. The van der Waals surface area contributed by atoms with Crippen molar-refractivity contribution in [3.63, 3.8) is 0 Å². The monoisotopic (exact) mass is 488 g/mol. The number of aryl methyl sites for hydroxylation is 3. The van der Waals surface area contributed by atoms with Crippen molar-refractivity contribution >= 4 is 28.1 Å². The Bertz CT molecular complexity index is 1490. The van der Waals surface area contributed by atoms with Gasteiger partial charge in [0.05, 0.1) is 11.4 Å². The van der Waals surface area contributed by atoms with Gasteiger partial charge in [0.15, 0.2) is 15.9 Å². The van der Waals surface area contributed by atoms with Gasteiger partial charge in [-0.2, -0.15) is 0 Å². The van der Waals surface area contributed by atoms with Gasteiger partial charge >= 0.3 is 0 Å². The summed E-state index contributed by atoms with van der Waals surface area (Å²) < 4.78 is 3.71. The van der Waals surface area contributed by atoms with E-state index in [2.05, 4.69) is 57.6 Å². The SMILES string of the molecule is CCc1cc(C)cc(CC)c1-n1c(SCc2cc(=O)n3ccsc3n2)nnc1-c1cccnc1. The molecule has 34 heavy (non-hydrogen) atoms. The molecule has 5 rings (SSSR count). The largest absolute Gasteiger partial charge is 0.269 e. The zero-order valence-electron chi connectivity index (χ0n) is 19.2. The molecular weight excluding hydrogens is 464 g/mol. The number of thiazole rings is 1. The molecule has 0 N–H and O–H groups in total. The van der Waals surface area contributed by atoms with E-state index in [9.17, 15) is 4.79 Å². The van der Waals surface area contributed by atoms with Crippen LogP contribution in [0.2, 0.25) is 0 Å². The van der Waals surface area contributed by atoms with Crippen LogP contribution in [-0.2, 0) is 18.6 Å². The van der Waals surface area contributed by atoms with Crippen molar-refractivity contribution < 1.29 is 0 Å². The third-order valence-electron chi connectivity index (χ3n) is 5.66. The fourth-order valence-corrected chi connectivity index (χ4v) is 5.68. The van der Waals surface area contributed by atoms with Crippen LogP contribution in [0, 0.1) is 6.92 Å². The number of nitrogens with zero attached hydrogens (tertiary/aromatic N) is 6. The zero-order chi connectivity index (χ0) is 23.7. The van der Waals surface area contributed by atoms with Crippen LogP contribution in [0.3, 0.4) is 0 Å². The summed E-state index contributed by atoms with van der Waals surface area (Å²) in [5.41, 5.74) is 6.44. The molecule has 0 aliphatic rings. The summed E-state index contributed by atoms with van der Waals surface area (Å²) in [6.45, 7) is 6.48. The molecule has 7 nitrogen and oxygen atoms in total. The molecule has 0 unspecified atom stereocenters. The predicted molar refractivity (Wildman–Crippen MR) is 137 cm³/mol. The summed E-state index contributed by atoms with van der Waals surface area (Å²) in [6, 6.07) is 9.98. The van der Waals surface area contributed by atoms with Gasteiger partial charge in [-0.25, -0.2) is 4.98 Å². The lowest BCUT2D eigenvalue weighted by Crippen LogP contribution is -2.12. The number of pyridine rings is 1. The highest BCUT2D eigenvalue weighted by atomic mass is 32.2. The predicted octanol–water partition coefficient (Wildman–Crippen LogP) is 5.12. The van der Waals surface area contributed by atoms with E-state index >= 15 is 0 Å². The molecular formula is C25H24N6OS2.